The van der Waals surface area contributed by atoms with Gasteiger partial charge in [-0.25, -0.2) is 8.42 Å². The Morgan fingerprint density at radius 1 is 1.10 bits per heavy atom. The van der Waals surface area contributed by atoms with Crippen molar-refractivity contribution in [3.63, 3.8) is 0 Å². The minimum atomic E-state index is -3.49. The third-order valence-electron chi connectivity index (χ3n) is 5.40. The van der Waals surface area contributed by atoms with Crippen LogP contribution in [0.25, 0.3) is 6.08 Å². The molecule has 0 unspecified atom stereocenters. The van der Waals surface area contributed by atoms with Gasteiger partial charge in [-0.05, 0) is 49.0 Å². The van der Waals surface area contributed by atoms with Crippen molar-refractivity contribution in [3.8, 4) is 0 Å². The monoisotopic (exact) mass is 412 g/mol. The van der Waals surface area contributed by atoms with Crippen molar-refractivity contribution in [2.75, 3.05) is 18.4 Å². The van der Waals surface area contributed by atoms with Crippen LogP contribution >= 0.6 is 0 Å². The number of para-hydroxylation sites is 1. The van der Waals surface area contributed by atoms with Crippen LogP contribution in [0.4, 0.5) is 5.69 Å². The molecule has 0 aliphatic carbocycles. The fourth-order valence-electron chi connectivity index (χ4n) is 3.61. The van der Waals surface area contributed by atoms with Crippen molar-refractivity contribution in [1.82, 2.24) is 4.31 Å². The second-order valence-corrected chi connectivity index (χ2v) is 9.20. The minimum absolute atomic E-state index is 0.0223. The van der Waals surface area contributed by atoms with Gasteiger partial charge in [0.1, 0.15) is 0 Å². The maximum Gasteiger partial charge on any atom is 0.236 e. The Hall–Kier alpha value is -2.44. The fraction of sp³-hybridized carbons (Fsp3) is 0.348. The van der Waals surface area contributed by atoms with E-state index >= 15 is 0 Å². The Morgan fingerprint density at radius 2 is 1.79 bits per heavy atom. The van der Waals surface area contributed by atoms with Crippen LogP contribution in [0.1, 0.15) is 36.5 Å². The highest BCUT2D eigenvalue weighted by molar-refractivity contribution is 7.92. The van der Waals surface area contributed by atoms with Gasteiger partial charge in [-0.15, -0.1) is 0 Å². The number of amides is 1. The van der Waals surface area contributed by atoms with Crippen LogP contribution in [0.5, 0.6) is 0 Å². The summed E-state index contributed by atoms with van der Waals surface area (Å²) >= 11 is 0. The Bertz CT molecular complexity index is 976. The Kier molecular flexibility index (Phi) is 6.87. The van der Waals surface area contributed by atoms with Crippen molar-refractivity contribution in [2.45, 2.75) is 33.1 Å². The average Bonchev–Trinajstić information content (AvgIpc) is 2.74. The van der Waals surface area contributed by atoms with Crippen molar-refractivity contribution in [1.29, 1.82) is 0 Å². The van der Waals surface area contributed by atoms with E-state index in [2.05, 4.69) is 12.2 Å². The molecule has 0 spiro atoms. The summed E-state index contributed by atoms with van der Waals surface area (Å²) in [5.41, 5.74) is 3.89. The molecule has 1 fully saturated rings. The average molecular weight is 413 g/mol. The second-order valence-electron chi connectivity index (χ2n) is 7.38. The molecular weight excluding hydrogens is 384 g/mol. The Morgan fingerprint density at radius 3 is 2.45 bits per heavy atom. The van der Waals surface area contributed by atoms with Crippen LogP contribution in [0.3, 0.4) is 0 Å². The van der Waals surface area contributed by atoms with Gasteiger partial charge in [0.25, 0.3) is 0 Å². The number of carbonyl (C=O) groups excluding carboxylic acids is 1. The number of sulfonamides is 1. The predicted molar refractivity (Wildman–Crippen MR) is 118 cm³/mol. The van der Waals surface area contributed by atoms with Crippen LogP contribution in [-0.2, 0) is 21.2 Å². The predicted octanol–water partition coefficient (Wildman–Crippen LogP) is 4.21. The molecule has 0 aromatic heterocycles. The van der Waals surface area contributed by atoms with Gasteiger partial charge in [0.2, 0.25) is 15.9 Å². The molecular formula is C23H28N2O3S. The Balaban J connectivity index is 1.60. The van der Waals surface area contributed by atoms with Crippen molar-refractivity contribution in [2.24, 2.45) is 5.92 Å². The van der Waals surface area contributed by atoms with Crippen LogP contribution in [-0.4, -0.2) is 31.7 Å². The van der Waals surface area contributed by atoms with Gasteiger partial charge in [-0.1, -0.05) is 55.5 Å². The van der Waals surface area contributed by atoms with Gasteiger partial charge in [0, 0.05) is 30.1 Å². The molecule has 154 valence electrons. The fourth-order valence-corrected chi connectivity index (χ4v) is 4.84. The van der Waals surface area contributed by atoms with Gasteiger partial charge >= 0.3 is 0 Å². The Labute approximate surface area is 173 Å². The van der Waals surface area contributed by atoms with Crippen molar-refractivity contribution in [3.05, 3.63) is 70.6 Å². The number of nitrogens with zero attached hydrogens (tertiary/aromatic N) is 1. The summed E-state index contributed by atoms with van der Waals surface area (Å²) in [4.78, 5) is 12.8. The molecule has 2 aromatic carbocycles. The summed E-state index contributed by atoms with van der Waals surface area (Å²) in [5.74, 6) is -0.199. The molecule has 1 aliphatic rings. The molecule has 0 bridgehead atoms. The standard InChI is InChI=1S/C23H28N2O3S/c1-3-20-11-7-8-18(2)22(20)24-23(26)21-12-15-25(16-13-21)29(27,28)17-14-19-9-5-4-6-10-19/h4-11,14,17,21H,3,12-13,15-16H2,1-2H3,(H,24,26)/b17-14+. The lowest BCUT2D eigenvalue weighted by Gasteiger charge is -2.30. The summed E-state index contributed by atoms with van der Waals surface area (Å²) < 4.78 is 26.6. The first-order chi connectivity index (χ1) is 13.9. The topological polar surface area (TPSA) is 66.5 Å². The molecule has 2 aromatic rings. The quantitative estimate of drug-likeness (QED) is 0.773. The maximum absolute atomic E-state index is 12.8. The number of carbonyl (C=O) groups is 1. The number of anilines is 1. The lowest BCUT2D eigenvalue weighted by molar-refractivity contribution is -0.120. The largest absolute Gasteiger partial charge is 0.325 e. The SMILES string of the molecule is CCc1cccc(C)c1NC(=O)C1CCN(S(=O)(=O)/C=C/c2ccccc2)CC1. The number of rotatable bonds is 6. The molecule has 0 radical (unpaired) electrons. The highest BCUT2D eigenvalue weighted by Crippen LogP contribution is 2.25. The summed E-state index contributed by atoms with van der Waals surface area (Å²) in [6.07, 6.45) is 3.51. The lowest BCUT2D eigenvalue weighted by Crippen LogP contribution is -2.40. The van der Waals surface area contributed by atoms with Crippen LogP contribution in [0, 0.1) is 12.8 Å². The zero-order valence-corrected chi connectivity index (χ0v) is 17.8. The van der Waals surface area contributed by atoms with E-state index in [9.17, 15) is 13.2 Å². The first kappa shape index (κ1) is 21.3. The first-order valence-corrected chi connectivity index (χ1v) is 11.5. The van der Waals surface area contributed by atoms with Crippen molar-refractivity contribution >= 4 is 27.7 Å². The molecule has 1 saturated heterocycles. The number of benzene rings is 2. The van der Waals surface area contributed by atoms with E-state index in [0.717, 1.165) is 28.8 Å². The van der Waals surface area contributed by atoms with Gasteiger partial charge < -0.3 is 5.32 Å². The number of piperidine rings is 1. The van der Waals surface area contributed by atoms with Crippen LogP contribution < -0.4 is 5.32 Å². The molecule has 6 heteroatoms. The summed E-state index contributed by atoms with van der Waals surface area (Å²) in [7, 11) is -3.49. The lowest BCUT2D eigenvalue weighted by atomic mass is 9.96. The molecule has 1 aliphatic heterocycles. The molecule has 1 heterocycles. The van der Waals surface area contributed by atoms with E-state index in [-0.39, 0.29) is 11.8 Å². The van der Waals surface area contributed by atoms with Gasteiger partial charge in [-0.3, -0.25) is 4.79 Å². The maximum atomic E-state index is 12.8. The van der Waals surface area contributed by atoms with E-state index in [0.29, 0.717) is 25.9 Å². The minimum Gasteiger partial charge on any atom is -0.325 e. The second kappa shape index (κ2) is 9.37. The normalized spacial score (nSPS) is 16.2. The number of hydrogen-bond donors (Lipinski definition) is 1. The van der Waals surface area contributed by atoms with Gasteiger partial charge in [0.05, 0.1) is 0 Å². The third kappa shape index (κ3) is 5.34. The number of hydrogen-bond acceptors (Lipinski definition) is 3. The first-order valence-electron chi connectivity index (χ1n) is 10.0. The molecule has 1 N–H and O–H groups in total. The third-order valence-corrected chi connectivity index (χ3v) is 6.97. The van der Waals surface area contributed by atoms with Crippen LogP contribution in [0.2, 0.25) is 0 Å². The zero-order chi connectivity index (χ0) is 20.9. The number of aryl methyl sites for hydroxylation is 2. The van der Waals surface area contributed by atoms with Gasteiger partial charge in [-0.2, -0.15) is 4.31 Å². The van der Waals surface area contributed by atoms with E-state index in [1.807, 2.05) is 55.5 Å². The summed E-state index contributed by atoms with van der Waals surface area (Å²) in [5, 5.41) is 4.33. The summed E-state index contributed by atoms with van der Waals surface area (Å²) in [6.45, 7) is 4.77. The van der Waals surface area contributed by atoms with Crippen LogP contribution in [0.15, 0.2) is 53.9 Å². The molecule has 29 heavy (non-hydrogen) atoms. The summed E-state index contributed by atoms with van der Waals surface area (Å²) in [6, 6.07) is 15.4. The molecule has 1 amide bonds. The highest BCUT2D eigenvalue weighted by atomic mass is 32.2. The molecule has 5 nitrogen and oxygen atoms in total. The molecule has 0 saturated carbocycles. The van der Waals surface area contributed by atoms with E-state index in [1.165, 1.54) is 9.71 Å². The van der Waals surface area contributed by atoms with E-state index in [4.69, 9.17) is 0 Å². The number of nitrogens with one attached hydrogen (secondary N) is 1. The zero-order valence-electron chi connectivity index (χ0n) is 17.0. The smallest absolute Gasteiger partial charge is 0.236 e. The van der Waals surface area contributed by atoms with E-state index in [1.54, 1.807) is 6.08 Å². The van der Waals surface area contributed by atoms with E-state index < -0.39 is 10.0 Å². The van der Waals surface area contributed by atoms with Gasteiger partial charge in [0.15, 0.2) is 0 Å². The molecule has 0 atom stereocenters. The van der Waals surface area contributed by atoms with Crippen molar-refractivity contribution < 1.29 is 13.2 Å². The highest BCUT2D eigenvalue weighted by Gasteiger charge is 2.30. The molecule has 3 rings (SSSR count).